The zero-order valence-electron chi connectivity index (χ0n) is 16.5. The minimum absolute atomic E-state index is 0.0165. The predicted octanol–water partition coefficient (Wildman–Crippen LogP) is 0.410. The van der Waals surface area contributed by atoms with E-state index in [-0.39, 0.29) is 24.3 Å². The van der Waals surface area contributed by atoms with Crippen LogP contribution >= 0.6 is 0 Å². The lowest BCUT2D eigenvalue weighted by Gasteiger charge is -2.36. The third-order valence-electron chi connectivity index (χ3n) is 5.56. The molecule has 1 fully saturated rings. The summed E-state index contributed by atoms with van der Waals surface area (Å²) in [6.45, 7) is 4.44. The monoisotopic (exact) mass is 395 g/mol. The number of piperazine rings is 1. The summed E-state index contributed by atoms with van der Waals surface area (Å²) in [4.78, 5) is 33.3. The van der Waals surface area contributed by atoms with Crippen LogP contribution < -0.4 is 16.0 Å². The maximum absolute atomic E-state index is 12.4. The first-order chi connectivity index (χ1) is 14.1. The Bertz CT molecular complexity index is 1130. The second-order valence-corrected chi connectivity index (χ2v) is 7.35. The summed E-state index contributed by atoms with van der Waals surface area (Å²) in [7, 11) is 1.81. The molecule has 8 nitrogen and oxygen atoms in total. The fraction of sp³-hybridized carbons (Fsp3) is 0.381. The van der Waals surface area contributed by atoms with Crippen molar-refractivity contribution in [2.75, 3.05) is 37.7 Å². The van der Waals surface area contributed by atoms with Gasteiger partial charge >= 0.3 is 0 Å². The van der Waals surface area contributed by atoms with Gasteiger partial charge in [-0.1, -0.05) is 6.07 Å². The maximum Gasteiger partial charge on any atom is 0.261 e. The first-order valence-corrected chi connectivity index (χ1v) is 9.79. The molecule has 2 aromatic heterocycles. The summed E-state index contributed by atoms with van der Waals surface area (Å²) in [6.07, 6.45) is 1.49. The summed E-state index contributed by atoms with van der Waals surface area (Å²) in [5.74, 6) is 0. The van der Waals surface area contributed by atoms with Crippen LogP contribution in [0.3, 0.4) is 0 Å². The highest BCUT2D eigenvalue weighted by Gasteiger charge is 2.19. The van der Waals surface area contributed by atoms with Gasteiger partial charge in [0.2, 0.25) is 5.56 Å². The minimum atomic E-state index is -0.131. The molecule has 0 aliphatic carbocycles. The number of nitrogens with zero attached hydrogens (tertiary/aromatic N) is 5. The van der Waals surface area contributed by atoms with Crippen molar-refractivity contribution >= 4 is 16.6 Å². The summed E-state index contributed by atoms with van der Waals surface area (Å²) in [5, 5.41) is 9.62. The molecule has 0 spiro atoms. The molecule has 1 aliphatic rings. The number of pyridine rings is 1. The normalized spacial score (nSPS) is 15.2. The molecule has 0 saturated carbocycles. The van der Waals surface area contributed by atoms with Crippen molar-refractivity contribution in [2.24, 2.45) is 7.05 Å². The molecule has 1 aromatic carbocycles. The third kappa shape index (κ3) is 3.94. The average Bonchev–Trinajstić information content (AvgIpc) is 2.74. The van der Waals surface area contributed by atoms with Gasteiger partial charge in [-0.15, -0.1) is 0 Å². The van der Waals surface area contributed by atoms with E-state index in [2.05, 4.69) is 14.8 Å². The number of benzene rings is 1. The molecule has 152 valence electrons. The smallest absolute Gasteiger partial charge is 0.261 e. The SMILES string of the molecule is Cn1c(CN2CCN(c3ccc4c(=O)n(CCO)cnc4c3)CC2)cccc1=O. The van der Waals surface area contributed by atoms with Gasteiger partial charge in [-0.25, -0.2) is 4.98 Å². The molecule has 0 radical (unpaired) electrons. The summed E-state index contributed by atoms with van der Waals surface area (Å²) in [6, 6.07) is 11.1. The molecule has 8 heteroatoms. The van der Waals surface area contributed by atoms with E-state index in [1.165, 1.54) is 10.9 Å². The first-order valence-electron chi connectivity index (χ1n) is 9.79. The number of rotatable bonds is 5. The molecule has 1 aliphatic heterocycles. The lowest BCUT2D eigenvalue weighted by molar-refractivity contribution is 0.244. The van der Waals surface area contributed by atoms with E-state index >= 15 is 0 Å². The van der Waals surface area contributed by atoms with E-state index < -0.39 is 0 Å². The van der Waals surface area contributed by atoms with Crippen molar-refractivity contribution in [3.8, 4) is 0 Å². The van der Waals surface area contributed by atoms with Crippen molar-refractivity contribution in [2.45, 2.75) is 13.1 Å². The van der Waals surface area contributed by atoms with E-state index in [0.717, 1.165) is 44.1 Å². The Labute approximate surface area is 168 Å². The van der Waals surface area contributed by atoms with Crippen LogP contribution in [0.15, 0.2) is 52.3 Å². The van der Waals surface area contributed by atoms with Gasteiger partial charge < -0.3 is 14.6 Å². The number of fused-ring (bicyclic) bond motifs is 1. The first kappa shape index (κ1) is 19.4. The number of aromatic nitrogens is 3. The fourth-order valence-corrected chi connectivity index (χ4v) is 3.77. The molecule has 3 aromatic rings. The van der Waals surface area contributed by atoms with Gasteiger partial charge in [0.05, 0.1) is 30.4 Å². The van der Waals surface area contributed by atoms with Gasteiger partial charge in [0, 0.05) is 57.2 Å². The second-order valence-electron chi connectivity index (χ2n) is 7.35. The molecule has 0 unspecified atom stereocenters. The van der Waals surface area contributed by atoms with Crippen LogP contribution in [0.4, 0.5) is 5.69 Å². The zero-order valence-corrected chi connectivity index (χ0v) is 16.5. The van der Waals surface area contributed by atoms with Gasteiger partial charge in [0.15, 0.2) is 0 Å². The zero-order chi connectivity index (χ0) is 20.4. The third-order valence-corrected chi connectivity index (χ3v) is 5.56. The topological polar surface area (TPSA) is 83.6 Å². The van der Waals surface area contributed by atoms with Crippen LogP contribution in [0.1, 0.15) is 5.69 Å². The predicted molar refractivity (Wildman–Crippen MR) is 112 cm³/mol. The van der Waals surface area contributed by atoms with Gasteiger partial charge in [-0.2, -0.15) is 0 Å². The largest absolute Gasteiger partial charge is 0.395 e. The Hall–Kier alpha value is -2.97. The van der Waals surface area contributed by atoms with Crippen molar-refractivity contribution in [3.05, 3.63) is 69.1 Å². The summed E-state index contributed by atoms with van der Waals surface area (Å²) >= 11 is 0. The van der Waals surface area contributed by atoms with E-state index in [1.807, 2.05) is 37.4 Å². The highest BCUT2D eigenvalue weighted by atomic mass is 16.3. The number of anilines is 1. The molecule has 1 N–H and O–H groups in total. The van der Waals surface area contributed by atoms with Gasteiger partial charge in [0.25, 0.3) is 5.56 Å². The van der Waals surface area contributed by atoms with Crippen LogP contribution in [0.25, 0.3) is 10.9 Å². The maximum atomic E-state index is 12.4. The van der Waals surface area contributed by atoms with Gasteiger partial charge in [-0.3, -0.25) is 19.1 Å². The highest BCUT2D eigenvalue weighted by molar-refractivity contribution is 5.81. The number of aliphatic hydroxyl groups excluding tert-OH is 1. The molecule has 4 rings (SSSR count). The Kier molecular flexibility index (Phi) is 5.46. The number of aliphatic hydroxyl groups is 1. The molecule has 1 saturated heterocycles. The summed E-state index contributed by atoms with van der Waals surface area (Å²) in [5.41, 5.74) is 2.62. The molecule has 0 atom stereocenters. The van der Waals surface area contributed by atoms with E-state index in [0.29, 0.717) is 10.9 Å². The molecule has 0 amide bonds. The Morgan fingerprint density at radius 3 is 2.62 bits per heavy atom. The Morgan fingerprint density at radius 1 is 1.07 bits per heavy atom. The van der Waals surface area contributed by atoms with Crippen LogP contribution in [-0.4, -0.2) is 56.9 Å². The molecular weight excluding hydrogens is 370 g/mol. The van der Waals surface area contributed by atoms with Crippen LogP contribution in [0, 0.1) is 0 Å². The number of hydrogen-bond acceptors (Lipinski definition) is 6. The van der Waals surface area contributed by atoms with Crippen molar-refractivity contribution in [1.82, 2.24) is 19.0 Å². The van der Waals surface area contributed by atoms with Gasteiger partial charge in [-0.05, 0) is 24.3 Å². The molecular formula is C21H25N5O3. The van der Waals surface area contributed by atoms with E-state index in [1.54, 1.807) is 10.6 Å². The lowest BCUT2D eigenvalue weighted by atomic mass is 10.2. The molecule has 29 heavy (non-hydrogen) atoms. The van der Waals surface area contributed by atoms with Crippen LogP contribution in [0.5, 0.6) is 0 Å². The molecule has 3 heterocycles. The quantitative estimate of drug-likeness (QED) is 0.674. The minimum Gasteiger partial charge on any atom is -0.395 e. The Morgan fingerprint density at radius 2 is 1.86 bits per heavy atom. The van der Waals surface area contributed by atoms with E-state index in [4.69, 9.17) is 5.11 Å². The molecule has 0 bridgehead atoms. The van der Waals surface area contributed by atoms with E-state index in [9.17, 15) is 9.59 Å². The van der Waals surface area contributed by atoms with Crippen molar-refractivity contribution < 1.29 is 5.11 Å². The standard InChI is InChI=1S/C21H25N5O3/c1-23-17(3-2-4-20(23)28)14-24-7-9-25(10-8-24)16-5-6-18-19(13-16)22-15-26(11-12-27)21(18)29/h2-6,13,15,27H,7-12,14H2,1H3. The van der Waals surface area contributed by atoms with Gasteiger partial charge in [0.1, 0.15) is 0 Å². The van der Waals surface area contributed by atoms with Crippen molar-refractivity contribution in [1.29, 1.82) is 0 Å². The van der Waals surface area contributed by atoms with Crippen LogP contribution in [-0.2, 0) is 20.1 Å². The fourth-order valence-electron chi connectivity index (χ4n) is 3.77. The van der Waals surface area contributed by atoms with Crippen LogP contribution in [0.2, 0.25) is 0 Å². The number of hydrogen-bond donors (Lipinski definition) is 1. The average molecular weight is 395 g/mol. The highest BCUT2D eigenvalue weighted by Crippen LogP contribution is 2.21. The lowest BCUT2D eigenvalue weighted by Crippen LogP contribution is -2.46. The summed E-state index contributed by atoms with van der Waals surface area (Å²) < 4.78 is 3.13. The van der Waals surface area contributed by atoms with Crippen molar-refractivity contribution in [3.63, 3.8) is 0 Å². The Balaban J connectivity index is 1.46. The second kappa shape index (κ2) is 8.18.